The predicted molar refractivity (Wildman–Crippen MR) is 53.6 cm³/mol. The molecule has 1 aliphatic heterocycles. The number of nitrogens with one attached hydrogen (secondary N) is 1. The lowest BCUT2D eigenvalue weighted by atomic mass is 10.1. The predicted octanol–water partition coefficient (Wildman–Crippen LogP) is 0.554. The van der Waals surface area contributed by atoms with E-state index in [9.17, 15) is 4.79 Å². The highest BCUT2D eigenvalue weighted by atomic mass is 16.5. The van der Waals surface area contributed by atoms with Crippen molar-refractivity contribution in [1.82, 2.24) is 4.98 Å². The number of amides is 1. The number of rotatable bonds is 3. The number of aromatic nitrogens is 1. The Morgan fingerprint density at radius 1 is 1.60 bits per heavy atom. The molecule has 1 atom stereocenters. The Labute approximate surface area is 87.1 Å². The van der Waals surface area contributed by atoms with E-state index in [0.717, 1.165) is 0 Å². The van der Waals surface area contributed by atoms with E-state index in [1.54, 1.807) is 18.3 Å². The normalized spacial score (nSPS) is 19.0. The molecule has 0 bridgehead atoms. The van der Waals surface area contributed by atoms with Crippen LogP contribution in [0.2, 0.25) is 0 Å². The van der Waals surface area contributed by atoms with Gasteiger partial charge in [-0.3, -0.25) is 4.79 Å². The summed E-state index contributed by atoms with van der Waals surface area (Å²) in [5, 5.41) is 11.3. The average Bonchev–Trinajstić information content (AvgIpc) is 2.26. The molecule has 2 N–H and O–H groups in total. The first kappa shape index (κ1) is 9.92. The van der Waals surface area contributed by atoms with Crippen LogP contribution in [0.4, 0.5) is 5.82 Å². The number of pyridine rings is 1. The van der Waals surface area contributed by atoms with Crippen molar-refractivity contribution >= 4 is 11.7 Å². The lowest BCUT2D eigenvalue weighted by Crippen LogP contribution is -2.37. The van der Waals surface area contributed by atoms with E-state index < -0.39 is 6.10 Å². The van der Waals surface area contributed by atoms with Gasteiger partial charge in [-0.1, -0.05) is 0 Å². The Kier molecular flexibility index (Phi) is 2.82. The second kappa shape index (κ2) is 4.27. The number of nitrogens with zero attached hydrogens (tertiary/aromatic N) is 1. The fourth-order valence-electron chi connectivity index (χ4n) is 1.45. The van der Waals surface area contributed by atoms with Gasteiger partial charge in [0.25, 0.3) is 5.91 Å². The van der Waals surface area contributed by atoms with Crippen molar-refractivity contribution in [3.63, 3.8) is 0 Å². The quantitative estimate of drug-likeness (QED) is 0.761. The summed E-state index contributed by atoms with van der Waals surface area (Å²) in [5.74, 6) is 0.845. The van der Waals surface area contributed by atoms with Crippen molar-refractivity contribution in [2.24, 2.45) is 0 Å². The van der Waals surface area contributed by atoms with Gasteiger partial charge < -0.3 is 15.2 Å². The van der Waals surface area contributed by atoms with Gasteiger partial charge >= 0.3 is 0 Å². The molecule has 0 saturated carbocycles. The second-order valence-electron chi connectivity index (χ2n) is 3.31. The summed E-state index contributed by atoms with van der Waals surface area (Å²) in [6.07, 6.45) is 2.13. The minimum Gasteiger partial charge on any atom is -0.477 e. The molecule has 0 fully saturated rings. The number of carbonyl (C=O) groups excluding carboxylic acids is 1. The number of anilines is 1. The zero-order chi connectivity index (χ0) is 10.7. The lowest BCUT2D eigenvalue weighted by Gasteiger charge is -2.24. The number of carbonyl (C=O) groups is 1. The molecule has 5 heteroatoms. The molecule has 1 aromatic heterocycles. The molecule has 5 nitrogen and oxygen atoms in total. The van der Waals surface area contributed by atoms with Crippen molar-refractivity contribution in [2.75, 3.05) is 11.9 Å². The highest BCUT2D eigenvalue weighted by Gasteiger charge is 2.27. The fraction of sp³-hybridized carbons (Fsp3) is 0.400. The molecule has 15 heavy (non-hydrogen) atoms. The maximum atomic E-state index is 11.5. The number of fused-ring (bicyclic) bond motifs is 1. The van der Waals surface area contributed by atoms with Gasteiger partial charge in [-0.05, 0) is 25.0 Å². The molecule has 2 heterocycles. The van der Waals surface area contributed by atoms with E-state index in [1.807, 2.05) is 0 Å². The summed E-state index contributed by atoms with van der Waals surface area (Å²) < 4.78 is 5.46. The summed E-state index contributed by atoms with van der Waals surface area (Å²) in [4.78, 5) is 15.5. The average molecular weight is 208 g/mol. The van der Waals surface area contributed by atoms with Gasteiger partial charge in [0.1, 0.15) is 0 Å². The Bertz CT molecular complexity index is 367. The first-order valence-corrected chi connectivity index (χ1v) is 4.84. The van der Waals surface area contributed by atoms with Crippen molar-refractivity contribution in [1.29, 1.82) is 0 Å². The molecule has 0 spiro atoms. The summed E-state index contributed by atoms with van der Waals surface area (Å²) in [7, 11) is 0. The van der Waals surface area contributed by atoms with Crippen LogP contribution in [0.15, 0.2) is 18.3 Å². The van der Waals surface area contributed by atoms with Crippen LogP contribution >= 0.6 is 0 Å². The molecule has 1 amide bonds. The third kappa shape index (κ3) is 2.07. The standard InChI is InChI=1S/C10H12N2O3/c13-6-2-4-8-10(14)12-9-7(15-8)3-1-5-11-9/h1,3,5,8,13H,2,4,6H2,(H,11,12,14). The van der Waals surface area contributed by atoms with Crippen LogP contribution in [0.5, 0.6) is 5.75 Å². The van der Waals surface area contributed by atoms with Gasteiger partial charge in [-0.25, -0.2) is 4.98 Å². The number of hydrogen-bond donors (Lipinski definition) is 2. The first-order chi connectivity index (χ1) is 7.31. The molecular weight excluding hydrogens is 196 g/mol. The molecule has 0 radical (unpaired) electrons. The molecular formula is C10H12N2O3. The lowest BCUT2D eigenvalue weighted by molar-refractivity contribution is -0.123. The van der Waals surface area contributed by atoms with Crippen LogP contribution in [0, 0.1) is 0 Å². The van der Waals surface area contributed by atoms with Crippen LogP contribution in [0.25, 0.3) is 0 Å². The molecule has 1 aromatic rings. The van der Waals surface area contributed by atoms with Crippen LogP contribution in [-0.2, 0) is 4.79 Å². The van der Waals surface area contributed by atoms with E-state index in [1.165, 1.54) is 0 Å². The van der Waals surface area contributed by atoms with Crippen LogP contribution in [0.3, 0.4) is 0 Å². The number of hydrogen-bond acceptors (Lipinski definition) is 4. The Hall–Kier alpha value is -1.62. The number of ether oxygens (including phenoxy) is 1. The maximum absolute atomic E-state index is 11.5. The van der Waals surface area contributed by atoms with Crippen molar-refractivity contribution < 1.29 is 14.6 Å². The van der Waals surface area contributed by atoms with Gasteiger partial charge in [-0.2, -0.15) is 0 Å². The van der Waals surface area contributed by atoms with E-state index >= 15 is 0 Å². The zero-order valence-electron chi connectivity index (χ0n) is 8.14. The van der Waals surface area contributed by atoms with E-state index in [-0.39, 0.29) is 12.5 Å². The summed E-state index contributed by atoms with van der Waals surface area (Å²) >= 11 is 0. The van der Waals surface area contributed by atoms with E-state index in [4.69, 9.17) is 9.84 Å². The largest absolute Gasteiger partial charge is 0.477 e. The van der Waals surface area contributed by atoms with Crippen molar-refractivity contribution in [2.45, 2.75) is 18.9 Å². The van der Waals surface area contributed by atoms with Crippen LogP contribution in [0.1, 0.15) is 12.8 Å². The van der Waals surface area contributed by atoms with Gasteiger partial charge in [0, 0.05) is 12.8 Å². The monoisotopic (exact) mass is 208 g/mol. The first-order valence-electron chi connectivity index (χ1n) is 4.84. The van der Waals surface area contributed by atoms with Crippen LogP contribution in [-0.4, -0.2) is 28.7 Å². The Morgan fingerprint density at radius 3 is 3.27 bits per heavy atom. The Morgan fingerprint density at radius 2 is 2.47 bits per heavy atom. The molecule has 80 valence electrons. The summed E-state index contributed by atoms with van der Waals surface area (Å²) in [6, 6.07) is 3.51. The molecule has 2 rings (SSSR count). The smallest absolute Gasteiger partial charge is 0.266 e. The minimum atomic E-state index is -0.520. The number of aliphatic hydroxyl groups excluding tert-OH is 1. The maximum Gasteiger partial charge on any atom is 0.266 e. The molecule has 0 saturated heterocycles. The molecule has 0 aromatic carbocycles. The topological polar surface area (TPSA) is 71.5 Å². The van der Waals surface area contributed by atoms with E-state index in [0.29, 0.717) is 24.4 Å². The third-order valence-electron chi connectivity index (χ3n) is 2.20. The molecule has 0 aliphatic carbocycles. The summed E-state index contributed by atoms with van der Waals surface area (Å²) in [5.41, 5.74) is 0. The highest BCUT2D eigenvalue weighted by molar-refractivity contribution is 5.96. The third-order valence-corrected chi connectivity index (χ3v) is 2.20. The Balaban J connectivity index is 2.11. The summed E-state index contributed by atoms with van der Waals surface area (Å²) in [6.45, 7) is 0.0625. The van der Waals surface area contributed by atoms with Gasteiger partial charge in [0.05, 0.1) is 0 Å². The minimum absolute atomic E-state index is 0.0625. The zero-order valence-corrected chi connectivity index (χ0v) is 8.14. The number of aliphatic hydroxyl groups is 1. The fourth-order valence-corrected chi connectivity index (χ4v) is 1.45. The van der Waals surface area contributed by atoms with Gasteiger partial charge in [0.2, 0.25) is 0 Å². The SMILES string of the molecule is O=C1Nc2ncccc2OC1CCCO. The van der Waals surface area contributed by atoms with Crippen molar-refractivity contribution in [3.05, 3.63) is 18.3 Å². The van der Waals surface area contributed by atoms with E-state index in [2.05, 4.69) is 10.3 Å². The molecule has 1 unspecified atom stereocenters. The van der Waals surface area contributed by atoms with Gasteiger partial charge in [-0.15, -0.1) is 0 Å². The second-order valence-corrected chi connectivity index (χ2v) is 3.31. The van der Waals surface area contributed by atoms with Crippen LogP contribution < -0.4 is 10.1 Å². The highest BCUT2D eigenvalue weighted by Crippen LogP contribution is 2.27. The molecule has 1 aliphatic rings. The van der Waals surface area contributed by atoms with Gasteiger partial charge in [0.15, 0.2) is 17.7 Å². The van der Waals surface area contributed by atoms with Crippen molar-refractivity contribution in [3.8, 4) is 5.75 Å².